The largest absolute Gasteiger partial charge is 0.466 e. The highest BCUT2D eigenvalue weighted by atomic mass is 16.6. The number of aliphatic hydroxyl groups is 1. The van der Waals surface area contributed by atoms with E-state index in [2.05, 4.69) is 10.6 Å². The Bertz CT molecular complexity index is 782. The van der Waals surface area contributed by atoms with Gasteiger partial charge in [0.05, 0.1) is 11.5 Å². The number of benzene rings is 1. The van der Waals surface area contributed by atoms with E-state index < -0.39 is 16.6 Å². The van der Waals surface area contributed by atoms with Gasteiger partial charge >= 0.3 is 6.03 Å². The highest BCUT2D eigenvalue weighted by Crippen LogP contribution is 2.26. The summed E-state index contributed by atoms with van der Waals surface area (Å²) in [5.74, 6) is 1.28. The number of amides is 2. The van der Waals surface area contributed by atoms with Crippen LogP contribution in [0.25, 0.3) is 0 Å². The molecule has 0 bridgehead atoms. The fourth-order valence-electron chi connectivity index (χ4n) is 2.54. The average Bonchev–Trinajstić information content (AvgIpc) is 2.90. The summed E-state index contributed by atoms with van der Waals surface area (Å²) in [5, 5.41) is 26.5. The maximum Gasteiger partial charge on any atom is 0.315 e. The van der Waals surface area contributed by atoms with Crippen LogP contribution in [0, 0.1) is 24.0 Å². The van der Waals surface area contributed by atoms with Crippen molar-refractivity contribution in [2.75, 3.05) is 6.54 Å². The first-order valence-corrected chi connectivity index (χ1v) is 7.74. The zero-order valence-electron chi connectivity index (χ0n) is 14.3. The minimum Gasteiger partial charge on any atom is -0.466 e. The molecule has 8 nitrogen and oxygen atoms in total. The van der Waals surface area contributed by atoms with Crippen LogP contribution < -0.4 is 10.6 Å². The summed E-state index contributed by atoms with van der Waals surface area (Å²) in [4.78, 5) is 22.2. The number of hydrogen-bond acceptors (Lipinski definition) is 5. The Labute approximate surface area is 145 Å². The molecule has 0 saturated heterocycles. The first-order chi connectivity index (χ1) is 11.7. The standard InChI is InChI=1S/C17H21N3O5/c1-11-7-15(12(2)25-11)17(3,22)10-19-16(21)18-9-13-5-4-6-14(8-13)20(23)24/h4-8,22H,9-10H2,1-3H3,(H2,18,19,21). The molecule has 3 N–H and O–H groups in total. The van der Waals surface area contributed by atoms with Crippen LogP contribution in [-0.4, -0.2) is 22.6 Å². The number of rotatable bonds is 6. The summed E-state index contributed by atoms with van der Waals surface area (Å²) in [6.45, 7) is 5.25. The number of urea groups is 1. The molecule has 8 heteroatoms. The van der Waals surface area contributed by atoms with E-state index in [4.69, 9.17) is 4.42 Å². The fourth-order valence-corrected chi connectivity index (χ4v) is 2.54. The molecule has 0 saturated carbocycles. The smallest absolute Gasteiger partial charge is 0.315 e. The van der Waals surface area contributed by atoms with Crippen molar-refractivity contribution in [3.05, 3.63) is 63.1 Å². The van der Waals surface area contributed by atoms with Gasteiger partial charge in [-0.2, -0.15) is 0 Å². The predicted molar refractivity (Wildman–Crippen MR) is 91.1 cm³/mol. The van der Waals surface area contributed by atoms with Crippen LogP contribution in [-0.2, 0) is 12.1 Å². The molecule has 0 aliphatic rings. The molecule has 134 valence electrons. The van der Waals surface area contributed by atoms with Gasteiger partial charge in [-0.1, -0.05) is 12.1 Å². The van der Waals surface area contributed by atoms with Crippen LogP contribution in [0.1, 0.15) is 29.6 Å². The molecule has 1 heterocycles. The molecule has 0 aliphatic heterocycles. The lowest BCUT2D eigenvalue weighted by molar-refractivity contribution is -0.384. The van der Waals surface area contributed by atoms with Gasteiger partial charge in [-0.15, -0.1) is 0 Å². The van der Waals surface area contributed by atoms with Crippen molar-refractivity contribution in [2.24, 2.45) is 0 Å². The number of carbonyl (C=O) groups is 1. The van der Waals surface area contributed by atoms with Crippen molar-refractivity contribution < 1.29 is 19.2 Å². The van der Waals surface area contributed by atoms with E-state index in [1.54, 1.807) is 39.0 Å². The van der Waals surface area contributed by atoms with Gasteiger partial charge in [0.15, 0.2) is 0 Å². The van der Waals surface area contributed by atoms with E-state index >= 15 is 0 Å². The van der Waals surface area contributed by atoms with Crippen molar-refractivity contribution in [1.82, 2.24) is 10.6 Å². The van der Waals surface area contributed by atoms with E-state index in [0.29, 0.717) is 22.6 Å². The average molecular weight is 347 g/mol. The van der Waals surface area contributed by atoms with Crippen molar-refractivity contribution in [1.29, 1.82) is 0 Å². The zero-order valence-corrected chi connectivity index (χ0v) is 14.3. The van der Waals surface area contributed by atoms with Crippen LogP contribution in [0.4, 0.5) is 10.5 Å². The minimum absolute atomic E-state index is 0.00636. The quantitative estimate of drug-likeness (QED) is 0.548. The molecule has 0 radical (unpaired) electrons. The molecule has 0 aliphatic carbocycles. The van der Waals surface area contributed by atoms with E-state index in [1.807, 2.05) is 0 Å². The molecule has 0 spiro atoms. The fraction of sp³-hybridized carbons (Fsp3) is 0.353. The number of nitrogens with one attached hydrogen (secondary N) is 2. The van der Waals surface area contributed by atoms with Crippen molar-refractivity contribution in [3.8, 4) is 0 Å². The highest BCUT2D eigenvalue weighted by Gasteiger charge is 2.28. The Morgan fingerprint density at radius 1 is 1.32 bits per heavy atom. The van der Waals surface area contributed by atoms with Crippen molar-refractivity contribution in [3.63, 3.8) is 0 Å². The van der Waals surface area contributed by atoms with Gasteiger partial charge in [0.1, 0.15) is 17.1 Å². The number of furan rings is 1. The first-order valence-electron chi connectivity index (χ1n) is 7.74. The van der Waals surface area contributed by atoms with Crippen LogP contribution >= 0.6 is 0 Å². The molecule has 2 aromatic rings. The van der Waals surface area contributed by atoms with Gasteiger partial charge in [-0.3, -0.25) is 10.1 Å². The molecule has 1 aromatic heterocycles. The van der Waals surface area contributed by atoms with Gasteiger partial charge in [-0.25, -0.2) is 4.79 Å². The Morgan fingerprint density at radius 3 is 2.64 bits per heavy atom. The van der Waals surface area contributed by atoms with E-state index in [-0.39, 0.29) is 18.8 Å². The molecule has 25 heavy (non-hydrogen) atoms. The summed E-state index contributed by atoms with van der Waals surface area (Å²) in [6, 6.07) is 7.27. The van der Waals surface area contributed by atoms with Crippen LogP contribution in [0.3, 0.4) is 0 Å². The first kappa shape index (κ1) is 18.5. The third kappa shape index (κ3) is 4.80. The summed E-state index contributed by atoms with van der Waals surface area (Å²) < 4.78 is 5.40. The lowest BCUT2D eigenvalue weighted by atomic mass is 9.96. The Hall–Kier alpha value is -2.87. The lowest BCUT2D eigenvalue weighted by Crippen LogP contribution is -2.43. The van der Waals surface area contributed by atoms with Crippen LogP contribution in [0.2, 0.25) is 0 Å². The lowest BCUT2D eigenvalue weighted by Gasteiger charge is -2.23. The Balaban J connectivity index is 1.89. The Morgan fingerprint density at radius 2 is 2.04 bits per heavy atom. The number of hydrogen-bond donors (Lipinski definition) is 3. The molecular weight excluding hydrogens is 326 g/mol. The van der Waals surface area contributed by atoms with Gasteiger partial charge in [-0.05, 0) is 32.4 Å². The zero-order chi connectivity index (χ0) is 18.6. The molecule has 2 rings (SSSR count). The normalized spacial score (nSPS) is 13.1. The van der Waals surface area contributed by atoms with Crippen LogP contribution in [0.5, 0.6) is 0 Å². The maximum absolute atomic E-state index is 11.9. The molecule has 1 aromatic carbocycles. The summed E-state index contributed by atoms with van der Waals surface area (Å²) >= 11 is 0. The van der Waals surface area contributed by atoms with E-state index in [1.165, 1.54) is 12.1 Å². The second-order valence-corrected chi connectivity index (χ2v) is 6.06. The number of nitrogens with zero attached hydrogens (tertiary/aromatic N) is 1. The number of nitro groups is 1. The molecule has 1 unspecified atom stereocenters. The third-order valence-corrected chi connectivity index (χ3v) is 3.79. The second kappa shape index (κ2) is 7.35. The summed E-state index contributed by atoms with van der Waals surface area (Å²) in [7, 11) is 0. The predicted octanol–water partition coefficient (Wildman–Crippen LogP) is 2.51. The van der Waals surface area contributed by atoms with Crippen molar-refractivity contribution >= 4 is 11.7 Å². The monoisotopic (exact) mass is 347 g/mol. The molecular formula is C17H21N3O5. The number of non-ortho nitro benzene ring substituents is 1. The van der Waals surface area contributed by atoms with Gasteiger partial charge in [0.25, 0.3) is 5.69 Å². The SMILES string of the molecule is Cc1cc(C(C)(O)CNC(=O)NCc2cccc([N+](=O)[O-])c2)c(C)o1. The Kier molecular flexibility index (Phi) is 5.43. The second-order valence-electron chi connectivity index (χ2n) is 6.06. The minimum atomic E-state index is -1.27. The summed E-state index contributed by atoms with van der Waals surface area (Å²) in [5.41, 5.74) is -0.0834. The third-order valence-electron chi connectivity index (χ3n) is 3.79. The van der Waals surface area contributed by atoms with Crippen LogP contribution in [0.15, 0.2) is 34.7 Å². The molecule has 0 fully saturated rings. The van der Waals surface area contributed by atoms with Gasteiger partial charge < -0.3 is 20.2 Å². The number of carbonyl (C=O) groups excluding carboxylic acids is 1. The van der Waals surface area contributed by atoms with Crippen molar-refractivity contribution in [2.45, 2.75) is 32.9 Å². The maximum atomic E-state index is 11.9. The highest BCUT2D eigenvalue weighted by molar-refractivity contribution is 5.74. The van der Waals surface area contributed by atoms with E-state index in [9.17, 15) is 20.0 Å². The number of nitro benzene ring substituents is 1. The van der Waals surface area contributed by atoms with Gasteiger partial charge in [0, 0.05) is 24.2 Å². The molecule has 2 amide bonds. The topological polar surface area (TPSA) is 118 Å². The molecule has 1 atom stereocenters. The van der Waals surface area contributed by atoms with Gasteiger partial charge in [0.2, 0.25) is 0 Å². The summed E-state index contributed by atoms with van der Waals surface area (Å²) in [6.07, 6.45) is 0. The van der Waals surface area contributed by atoms with E-state index in [0.717, 1.165) is 0 Å². The number of aryl methyl sites for hydroxylation is 2.